The van der Waals surface area contributed by atoms with E-state index in [1.807, 2.05) is 0 Å². The van der Waals surface area contributed by atoms with Gasteiger partial charge in [-0.3, -0.25) is 33.6 Å². The Morgan fingerprint density at radius 3 is 1.99 bits per heavy atom. The summed E-state index contributed by atoms with van der Waals surface area (Å²) in [5.74, 6) is -8.11. The summed E-state index contributed by atoms with van der Waals surface area (Å²) in [5.41, 5.74) is 30.3. The number of ether oxygens (including phenoxy) is 5. The van der Waals surface area contributed by atoms with E-state index in [-0.39, 0.29) is 116 Å². The molecular formula is C55H93ClN22O21RuS3. The van der Waals surface area contributed by atoms with Crippen LogP contribution in [0.5, 0.6) is 0 Å². The van der Waals surface area contributed by atoms with Gasteiger partial charge in [-0.25, -0.2) is 24.7 Å². The number of aliphatic hydroxyl groups excluding tert-OH is 8. The third-order valence-corrected chi connectivity index (χ3v) is 18.1. The number of aromatic nitrogens is 6. The number of aromatic amines is 1. The third-order valence-electron chi connectivity index (χ3n) is 15.2. The van der Waals surface area contributed by atoms with Crippen LogP contribution in [0.25, 0.3) is 47.2 Å². The Morgan fingerprint density at radius 2 is 1.41 bits per heavy atom. The summed E-state index contributed by atoms with van der Waals surface area (Å²) in [6.45, 7) is 3.06. The first kappa shape index (κ1) is 98.5. The van der Waals surface area contributed by atoms with Crippen molar-refractivity contribution >= 4 is 86.8 Å². The number of carbonyl (C=O) groups is 8. The average Bonchev–Trinajstić information content (AvgIpc) is 1.12. The molecule has 6 rings (SSSR count). The normalized spacial score (nSPS) is 22.4. The van der Waals surface area contributed by atoms with Gasteiger partial charge in [0.25, 0.3) is 11.8 Å². The van der Waals surface area contributed by atoms with E-state index in [2.05, 4.69) is 74.3 Å². The molecule has 0 aromatic carbocycles. The molecule has 0 saturated carbocycles. The number of primary amides is 3. The molecule has 2 saturated heterocycles. The molecule has 2 aliphatic rings. The topological polar surface area (TPSA) is 792 Å². The van der Waals surface area contributed by atoms with E-state index in [0.29, 0.717) is 22.3 Å². The largest absolute Gasteiger partial charge is 6.00 e. The maximum Gasteiger partial charge on any atom is 6.00 e. The van der Waals surface area contributed by atoms with E-state index in [1.54, 1.807) is 10.8 Å². The number of nitrogens with zero attached hydrogens (tertiary/aromatic N) is 5. The molecule has 43 nitrogen and oxygen atoms in total. The van der Waals surface area contributed by atoms with E-state index < -0.39 is 194 Å². The van der Waals surface area contributed by atoms with Crippen LogP contribution in [0.3, 0.4) is 0 Å². The van der Waals surface area contributed by atoms with Gasteiger partial charge in [0.05, 0.1) is 85.2 Å². The molecule has 0 aliphatic carbocycles. The second-order valence-corrected chi connectivity index (χ2v) is 27.0. The summed E-state index contributed by atoms with van der Waals surface area (Å²) in [5, 5.41) is 108. The summed E-state index contributed by atoms with van der Waals surface area (Å²) < 4.78 is 28.7. The summed E-state index contributed by atoms with van der Waals surface area (Å²) in [6, 6.07) is -7.94. The molecule has 8 amide bonds. The van der Waals surface area contributed by atoms with Gasteiger partial charge in [0.1, 0.15) is 88.8 Å². The molecule has 2 aliphatic heterocycles. The number of halogens is 1. The second-order valence-electron chi connectivity index (χ2n) is 22.8. The van der Waals surface area contributed by atoms with Crippen molar-refractivity contribution in [3.05, 3.63) is 93.2 Å². The minimum Gasteiger partial charge on any atom is -1.00 e. The number of thiazole rings is 2. The zero-order valence-corrected chi connectivity index (χ0v) is 61.4. The molecule has 19 unspecified atom stereocenters. The monoisotopic (exact) mass is 1630 g/mol. The molecule has 6 heterocycles. The van der Waals surface area contributed by atoms with Crippen LogP contribution in [0.15, 0.2) is 23.3 Å². The molecule has 582 valence electrons. The zero-order chi connectivity index (χ0) is 71.0. The minimum absolute atomic E-state index is 0. The molecule has 0 radical (unpaired) electrons. The molecule has 19 atom stereocenters. The van der Waals surface area contributed by atoms with Crippen LogP contribution < -0.4 is 67.2 Å². The molecule has 2 fully saturated rings. The van der Waals surface area contributed by atoms with E-state index in [0.717, 1.165) is 24.7 Å². The van der Waals surface area contributed by atoms with Gasteiger partial charge in [-0.15, -0.1) is 22.7 Å². The maximum atomic E-state index is 15.2. The van der Waals surface area contributed by atoms with Crippen molar-refractivity contribution in [1.82, 2.24) is 61.8 Å². The smallest absolute Gasteiger partial charge is 1.00 e. The van der Waals surface area contributed by atoms with E-state index in [4.69, 9.17) is 52.4 Å². The Hall–Kier alpha value is -6.59. The van der Waals surface area contributed by atoms with E-state index in [9.17, 15) is 74.4 Å². The Kier molecular flexibility index (Phi) is 43.7. The zero-order valence-electron chi connectivity index (χ0n) is 56.4. The predicted molar refractivity (Wildman–Crippen MR) is 365 cm³/mol. The van der Waals surface area contributed by atoms with Crippen molar-refractivity contribution in [2.45, 2.75) is 157 Å². The molecule has 34 N–H and O–H groups in total. The van der Waals surface area contributed by atoms with E-state index >= 15 is 4.79 Å². The number of nitrogens with two attached hydrogens (primary N) is 9. The van der Waals surface area contributed by atoms with Gasteiger partial charge in [-0.1, -0.05) is 12.7 Å². The first-order chi connectivity index (χ1) is 45.3. The van der Waals surface area contributed by atoms with Crippen LogP contribution >= 0.6 is 22.7 Å². The maximum absolute atomic E-state index is 15.2. The van der Waals surface area contributed by atoms with E-state index in [1.165, 1.54) is 50.4 Å². The second kappa shape index (κ2) is 45.7. The molecule has 4 aromatic heterocycles. The Labute approximate surface area is 621 Å². The summed E-state index contributed by atoms with van der Waals surface area (Å²) >= 11 is 2.52. The summed E-state index contributed by atoms with van der Waals surface area (Å²) in [4.78, 5) is 130. The van der Waals surface area contributed by atoms with Crippen molar-refractivity contribution in [1.29, 1.82) is 0 Å². The molecular weight excluding hydrogens is 1540 g/mol. The Bertz CT molecular complexity index is 3310. The van der Waals surface area contributed by atoms with Crippen LogP contribution in [0.2, 0.25) is 0 Å². The number of nitrogens with one attached hydrogen (secondary N) is 8. The van der Waals surface area contributed by atoms with Crippen LogP contribution in [0.4, 0.5) is 10.6 Å². The van der Waals surface area contributed by atoms with Crippen LogP contribution in [-0.4, -0.2) is 267 Å². The quantitative estimate of drug-likeness (QED) is 0.0116. The van der Waals surface area contributed by atoms with Crippen molar-refractivity contribution < 1.29 is 135 Å². The Morgan fingerprint density at radius 1 is 0.767 bits per heavy atom. The third kappa shape index (κ3) is 26.8. The van der Waals surface area contributed by atoms with Gasteiger partial charge < -0.3 is 178 Å². The van der Waals surface area contributed by atoms with Gasteiger partial charge in [-0.05, 0) is 37.2 Å². The number of amides is 8. The molecule has 103 heavy (non-hydrogen) atoms. The van der Waals surface area contributed by atoms with Crippen LogP contribution in [-0.2, 0) is 84.5 Å². The van der Waals surface area contributed by atoms with Gasteiger partial charge in [0, 0.05) is 55.5 Å². The molecule has 0 spiro atoms. The minimum atomic E-state index is -2.20. The van der Waals surface area contributed by atoms with Crippen LogP contribution in [0.1, 0.15) is 88.8 Å². The first-order valence-corrected chi connectivity index (χ1v) is 33.8. The number of hydrogen-bond acceptors (Lipinski definition) is 30. The van der Waals surface area contributed by atoms with Crippen molar-refractivity contribution in [3.8, 4) is 10.7 Å². The van der Waals surface area contributed by atoms with Gasteiger partial charge in [0.2, 0.25) is 29.5 Å². The van der Waals surface area contributed by atoms with Crippen molar-refractivity contribution in [3.63, 3.8) is 0 Å². The predicted octanol–water partition coefficient (Wildman–Crippen LogP) is -6.02. The standard InChI is InChI=1S/C55H83N17O21S3.ClH.5H2N.Ru/c1-20-33(69-46(72-44(20)58)25(12-31(57)76)64-13-24(56)45(59)82)50(86)71-35(41(26-14-61-19-65-26)91-54-43(39(80)37(78)29(15-73)90-54)92-53-40(81)42(93-55(60)88)38(79)30(16-74)89-53)51(87)66-22(3)36(77)21(2)47(83)70-34(23(4)75)49(85)63-10-8-32-67-28(18-94-32)52-68-27(17-95-52)48(84)62-9-7-11-96(5)6;;;;;;;/h14,17-19,21-25,29-30,34-43,53-54,64,73-75,77-81H,7-13,15-16,56H2,1-6H3,(H13-,57,58,59,60,61,62,63,65,66,69,70,71,72,76,82,83,84,85,86,87,88);1H;5*1H2;/q;;5*-1;+6/p-1. The number of imidazole rings is 1. The molecule has 4 aromatic rings. The number of rotatable bonds is 35. The Balaban J connectivity index is 0. The van der Waals surface area contributed by atoms with Gasteiger partial charge >= 0.3 is 25.6 Å². The fourth-order valence-corrected chi connectivity index (χ4v) is 12.1. The fourth-order valence-electron chi connectivity index (χ4n) is 9.78. The molecule has 0 bridgehead atoms. The van der Waals surface area contributed by atoms with Crippen LogP contribution in [0, 0.1) is 12.8 Å². The summed E-state index contributed by atoms with van der Waals surface area (Å²) in [6.07, 6.45) is -20.1. The number of hydrogen-bond donors (Lipinski definition) is 19. The average molecular weight is 1630 g/mol. The molecule has 48 heteroatoms. The first-order valence-electron chi connectivity index (χ1n) is 29.8. The van der Waals surface area contributed by atoms with Gasteiger partial charge in [-0.2, -0.15) is 0 Å². The van der Waals surface area contributed by atoms with Crippen molar-refractivity contribution in [2.24, 2.45) is 28.9 Å². The number of aliphatic hydroxyl groups is 8. The van der Waals surface area contributed by atoms with Crippen molar-refractivity contribution in [2.75, 3.05) is 51.1 Å². The fraction of sp³-hybridized carbons (Fsp3) is 0.618. The number of H-pyrrole nitrogens is 1. The number of carbonyl (C=O) groups excluding carboxylic acids is 8. The van der Waals surface area contributed by atoms with Gasteiger partial charge in [0.15, 0.2) is 18.7 Å². The SMILES string of the molecule is Cc1c([NH-])nc(C(CC(N)=O)NCC(N)C(N)=O)nc1C(=O)NC(C(=O)NC(C)C(O)C(C)C(=O)NC(C(=O)NCCc1nc(-c2nc(C(=O)NCCC[S+](C)C)cs2)cs1)C(C)O)C(OC1OC(CO)C(O)C(O)C1OC1OC(CO)C(O)C(OC(N)=O)C1O)c1cnc[nH]1.[Cl-].[NH2-].[NH2-].[NH2-].[NH2-].[NH2-].[Ru+6]. The summed E-state index contributed by atoms with van der Waals surface area (Å²) in [7, 11) is 0.253.